The Kier molecular flexibility index (Phi) is 6.70. The number of aromatic nitrogens is 2. The maximum absolute atomic E-state index is 10.9. The van der Waals surface area contributed by atoms with Crippen LogP contribution in [-0.2, 0) is 0 Å². The van der Waals surface area contributed by atoms with Crippen LogP contribution in [0.15, 0.2) is 45.3 Å². The molecule has 0 amide bonds. The third kappa shape index (κ3) is 4.66. The first-order chi connectivity index (χ1) is 12.0. The van der Waals surface area contributed by atoms with Crippen molar-refractivity contribution in [3.63, 3.8) is 0 Å². The molecule has 0 bridgehead atoms. The third-order valence-corrected chi connectivity index (χ3v) is 4.79. The quantitative estimate of drug-likeness (QED) is 0.724. The van der Waals surface area contributed by atoms with E-state index in [-0.39, 0.29) is 5.56 Å². The smallest absolute Gasteiger partial charge is 0.335 e. The molecule has 1 N–H and O–H groups in total. The van der Waals surface area contributed by atoms with Gasteiger partial charge in [-0.2, -0.15) is 0 Å². The Labute approximate surface area is 155 Å². The first-order valence-electron chi connectivity index (χ1n) is 8.29. The van der Waals surface area contributed by atoms with Crippen LogP contribution in [0.1, 0.15) is 49.9 Å². The van der Waals surface area contributed by atoms with Crippen LogP contribution in [0, 0.1) is 5.92 Å². The Bertz CT molecular complexity index is 791. The maximum atomic E-state index is 10.9. The molecule has 1 aliphatic carbocycles. The number of hydrogen-bond acceptors (Lipinski definition) is 4. The standard InChI is InChI=1S/C17H15BrN2O3.C2H6/c1-10-3-2-4-13(9-14(10)18)16-20-19-15(23-16)11-5-7-12(8-6-11)17(21)22;1-2/h4-10H,2-3H2,1H3,(H,21,22);1-2H3. The van der Waals surface area contributed by atoms with Crippen LogP contribution in [0.25, 0.3) is 17.0 Å². The summed E-state index contributed by atoms with van der Waals surface area (Å²) in [6.45, 7) is 6.17. The van der Waals surface area contributed by atoms with Gasteiger partial charge < -0.3 is 9.52 Å². The lowest BCUT2D eigenvalue weighted by atomic mass is 10.1. The Morgan fingerprint density at radius 3 is 2.48 bits per heavy atom. The second-order valence-corrected chi connectivity index (χ2v) is 6.38. The van der Waals surface area contributed by atoms with Crippen LogP contribution in [-0.4, -0.2) is 21.3 Å². The molecule has 6 heteroatoms. The van der Waals surface area contributed by atoms with Crippen molar-refractivity contribution in [2.45, 2.75) is 33.6 Å². The zero-order valence-corrected chi connectivity index (χ0v) is 16.1. The Morgan fingerprint density at radius 2 is 1.84 bits per heavy atom. The predicted octanol–water partition coefficient (Wildman–Crippen LogP) is 5.55. The minimum Gasteiger partial charge on any atom is -0.478 e. The van der Waals surface area contributed by atoms with Crippen molar-refractivity contribution in [3.8, 4) is 11.5 Å². The number of aromatic carboxylic acids is 1. The number of allylic oxidation sites excluding steroid dienone is 4. The molecule has 25 heavy (non-hydrogen) atoms. The highest BCUT2D eigenvalue weighted by molar-refractivity contribution is 9.11. The molecule has 132 valence electrons. The third-order valence-electron chi connectivity index (χ3n) is 3.78. The highest BCUT2D eigenvalue weighted by atomic mass is 79.9. The Morgan fingerprint density at radius 1 is 1.20 bits per heavy atom. The summed E-state index contributed by atoms with van der Waals surface area (Å²) in [5, 5.41) is 17.1. The van der Waals surface area contributed by atoms with E-state index in [1.54, 1.807) is 12.1 Å². The highest BCUT2D eigenvalue weighted by Gasteiger charge is 2.16. The number of benzene rings is 1. The van der Waals surface area contributed by atoms with Crippen molar-refractivity contribution in [3.05, 3.63) is 52.4 Å². The Balaban J connectivity index is 0.00000109. The SMILES string of the molecule is CC.CC1CCC=C(c2nnc(-c3ccc(C(=O)O)cc3)o2)C=C1Br. The van der Waals surface area contributed by atoms with Gasteiger partial charge in [-0.1, -0.05) is 42.8 Å². The topological polar surface area (TPSA) is 76.2 Å². The first-order valence-corrected chi connectivity index (χ1v) is 9.09. The van der Waals surface area contributed by atoms with Crippen LogP contribution < -0.4 is 0 Å². The van der Waals surface area contributed by atoms with E-state index in [1.165, 1.54) is 12.1 Å². The predicted molar refractivity (Wildman–Crippen MR) is 101 cm³/mol. The number of nitrogens with zero attached hydrogens (tertiary/aromatic N) is 2. The minimum absolute atomic E-state index is 0.223. The summed E-state index contributed by atoms with van der Waals surface area (Å²) in [6, 6.07) is 6.36. The van der Waals surface area contributed by atoms with E-state index < -0.39 is 5.97 Å². The molecule has 1 unspecified atom stereocenters. The van der Waals surface area contributed by atoms with E-state index >= 15 is 0 Å². The van der Waals surface area contributed by atoms with Gasteiger partial charge in [0.05, 0.1) is 5.56 Å². The molecule has 0 radical (unpaired) electrons. The molecule has 1 heterocycles. The number of carboxylic acid groups (broad SMARTS) is 1. The van der Waals surface area contributed by atoms with Crippen molar-refractivity contribution in [1.82, 2.24) is 10.2 Å². The van der Waals surface area contributed by atoms with Crippen LogP contribution in [0.4, 0.5) is 0 Å². The highest BCUT2D eigenvalue weighted by Crippen LogP contribution is 2.31. The summed E-state index contributed by atoms with van der Waals surface area (Å²) >= 11 is 3.59. The maximum Gasteiger partial charge on any atom is 0.335 e. The van der Waals surface area contributed by atoms with Crippen molar-refractivity contribution >= 4 is 27.5 Å². The molecular weight excluding hydrogens is 384 g/mol. The second kappa shape index (κ2) is 8.76. The van der Waals surface area contributed by atoms with Gasteiger partial charge in [0, 0.05) is 11.1 Å². The lowest BCUT2D eigenvalue weighted by Gasteiger charge is -2.05. The number of carboxylic acids is 1. The minimum atomic E-state index is -0.963. The molecule has 2 aromatic rings. The van der Waals surface area contributed by atoms with Crippen LogP contribution in [0.3, 0.4) is 0 Å². The molecule has 0 saturated carbocycles. The van der Waals surface area contributed by atoms with Gasteiger partial charge in [-0.3, -0.25) is 0 Å². The normalized spacial score (nSPS) is 16.9. The van der Waals surface area contributed by atoms with Gasteiger partial charge in [0.2, 0.25) is 11.8 Å². The van der Waals surface area contributed by atoms with Gasteiger partial charge in [0.1, 0.15) is 0 Å². The number of carbonyl (C=O) groups is 1. The van der Waals surface area contributed by atoms with Crippen molar-refractivity contribution in [2.75, 3.05) is 0 Å². The zero-order valence-electron chi connectivity index (χ0n) is 14.5. The molecule has 5 nitrogen and oxygen atoms in total. The average molecular weight is 405 g/mol. The van der Waals surface area contributed by atoms with Gasteiger partial charge in [0.15, 0.2) is 0 Å². The fourth-order valence-electron chi connectivity index (χ4n) is 2.34. The monoisotopic (exact) mass is 404 g/mol. The van der Waals surface area contributed by atoms with E-state index in [0.717, 1.165) is 22.9 Å². The molecule has 1 aromatic heterocycles. The van der Waals surface area contributed by atoms with E-state index in [9.17, 15) is 4.79 Å². The summed E-state index contributed by atoms with van der Waals surface area (Å²) in [7, 11) is 0. The molecule has 3 rings (SSSR count). The zero-order chi connectivity index (χ0) is 18.4. The van der Waals surface area contributed by atoms with Crippen LogP contribution in [0.2, 0.25) is 0 Å². The van der Waals surface area contributed by atoms with E-state index in [4.69, 9.17) is 9.52 Å². The summed E-state index contributed by atoms with van der Waals surface area (Å²) in [6.07, 6.45) is 6.13. The van der Waals surface area contributed by atoms with Gasteiger partial charge in [-0.25, -0.2) is 4.79 Å². The average Bonchev–Trinajstić information content (AvgIpc) is 3.06. The van der Waals surface area contributed by atoms with Gasteiger partial charge in [0.25, 0.3) is 0 Å². The van der Waals surface area contributed by atoms with E-state index in [0.29, 0.717) is 23.3 Å². The summed E-state index contributed by atoms with van der Waals surface area (Å²) in [5.41, 5.74) is 1.82. The largest absolute Gasteiger partial charge is 0.478 e. The molecule has 0 saturated heterocycles. The molecule has 1 aromatic carbocycles. The van der Waals surface area contributed by atoms with Crippen molar-refractivity contribution in [1.29, 1.82) is 0 Å². The summed E-state index contributed by atoms with van der Waals surface area (Å²) < 4.78 is 6.86. The van der Waals surface area contributed by atoms with Crippen LogP contribution in [0.5, 0.6) is 0 Å². The number of halogens is 1. The van der Waals surface area contributed by atoms with E-state index in [1.807, 2.05) is 19.9 Å². The Hall–Kier alpha value is -2.21. The fraction of sp³-hybridized carbons (Fsp3) is 0.316. The fourth-order valence-corrected chi connectivity index (χ4v) is 2.81. The number of hydrogen-bond donors (Lipinski definition) is 1. The van der Waals surface area contributed by atoms with E-state index in [2.05, 4.69) is 39.1 Å². The molecule has 0 spiro atoms. The van der Waals surface area contributed by atoms with Crippen molar-refractivity contribution < 1.29 is 14.3 Å². The summed E-state index contributed by atoms with van der Waals surface area (Å²) in [5.74, 6) is 0.346. The number of rotatable bonds is 3. The second-order valence-electron chi connectivity index (χ2n) is 5.46. The first kappa shape index (κ1) is 19.1. The summed E-state index contributed by atoms with van der Waals surface area (Å²) in [4.78, 5) is 10.9. The lowest BCUT2D eigenvalue weighted by molar-refractivity contribution is 0.0697. The molecule has 1 atom stereocenters. The molecule has 1 aliphatic rings. The van der Waals surface area contributed by atoms with Gasteiger partial charge >= 0.3 is 5.97 Å². The molecular formula is C19H21BrN2O3. The lowest BCUT2D eigenvalue weighted by Crippen LogP contribution is -1.94. The van der Waals surface area contributed by atoms with Crippen molar-refractivity contribution in [2.24, 2.45) is 5.92 Å². The van der Waals surface area contributed by atoms with Crippen LogP contribution >= 0.6 is 15.9 Å². The molecule has 0 fully saturated rings. The van der Waals surface area contributed by atoms with Gasteiger partial charge in [-0.15, -0.1) is 10.2 Å². The molecule has 0 aliphatic heterocycles. The van der Waals surface area contributed by atoms with Gasteiger partial charge in [-0.05, 0) is 53.6 Å².